The maximum atomic E-state index is 13.0. The molecule has 0 radical (unpaired) electrons. The molecule has 2 saturated heterocycles. The molecular weight excluding hydrogens is 405 g/mol. The molecule has 2 aliphatic rings. The standard InChI is InChI=1S/C23H27F3N4O/c1-16(31)29-11-7-20(8-12-29)30-9-5-17(6-10-30)21-14-27-15-22(28-21)18-3-2-4-19(13-18)23(24,25)26/h2-4,13-15,17,20H,5-12H2,1H3. The third-order valence-electron chi connectivity index (χ3n) is 6.51. The summed E-state index contributed by atoms with van der Waals surface area (Å²) >= 11 is 0. The predicted molar refractivity (Wildman–Crippen MR) is 111 cm³/mol. The molecule has 1 amide bonds. The van der Waals surface area contributed by atoms with E-state index in [2.05, 4.69) is 14.9 Å². The zero-order chi connectivity index (χ0) is 22.0. The van der Waals surface area contributed by atoms with Gasteiger partial charge in [0.25, 0.3) is 0 Å². The first-order valence-corrected chi connectivity index (χ1v) is 10.8. The van der Waals surface area contributed by atoms with Crippen molar-refractivity contribution in [3.8, 4) is 11.3 Å². The van der Waals surface area contributed by atoms with Crippen LogP contribution in [0.2, 0.25) is 0 Å². The number of rotatable bonds is 3. The fourth-order valence-electron chi connectivity index (χ4n) is 4.68. The van der Waals surface area contributed by atoms with E-state index < -0.39 is 11.7 Å². The first kappa shape index (κ1) is 21.7. The molecule has 0 N–H and O–H groups in total. The fraction of sp³-hybridized carbons (Fsp3) is 0.522. The van der Waals surface area contributed by atoms with Crippen LogP contribution in [0.5, 0.6) is 0 Å². The minimum absolute atomic E-state index is 0.149. The number of nitrogens with zero attached hydrogens (tertiary/aromatic N) is 4. The van der Waals surface area contributed by atoms with Gasteiger partial charge in [0.15, 0.2) is 0 Å². The molecule has 1 aromatic carbocycles. The largest absolute Gasteiger partial charge is 0.416 e. The van der Waals surface area contributed by atoms with Crippen LogP contribution in [0.1, 0.15) is 49.8 Å². The quantitative estimate of drug-likeness (QED) is 0.724. The maximum Gasteiger partial charge on any atom is 0.416 e. The van der Waals surface area contributed by atoms with E-state index in [0.717, 1.165) is 69.7 Å². The van der Waals surface area contributed by atoms with Gasteiger partial charge in [0, 0.05) is 43.7 Å². The highest BCUT2D eigenvalue weighted by Gasteiger charge is 2.31. The van der Waals surface area contributed by atoms with E-state index in [4.69, 9.17) is 0 Å². The maximum absolute atomic E-state index is 13.0. The van der Waals surface area contributed by atoms with Crippen molar-refractivity contribution < 1.29 is 18.0 Å². The van der Waals surface area contributed by atoms with E-state index in [9.17, 15) is 18.0 Å². The van der Waals surface area contributed by atoms with E-state index in [0.29, 0.717) is 17.3 Å². The molecule has 1 aromatic heterocycles. The Morgan fingerprint density at radius 3 is 2.39 bits per heavy atom. The van der Waals surface area contributed by atoms with Crippen molar-refractivity contribution in [3.05, 3.63) is 47.9 Å². The monoisotopic (exact) mass is 432 g/mol. The van der Waals surface area contributed by atoms with Crippen molar-refractivity contribution in [2.75, 3.05) is 26.2 Å². The number of likely N-dealkylation sites (tertiary alicyclic amines) is 2. The number of halogens is 3. The van der Waals surface area contributed by atoms with Gasteiger partial charge < -0.3 is 9.80 Å². The molecule has 0 spiro atoms. The second-order valence-electron chi connectivity index (χ2n) is 8.46. The molecule has 0 aliphatic carbocycles. The van der Waals surface area contributed by atoms with Crippen LogP contribution >= 0.6 is 0 Å². The molecule has 0 unspecified atom stereocenters. The Morgan fingerprint density at radius 2 is 1.74 bits per heavy atom. The van der Waals surface area contributed by atoms with Gasteiger partial charge in [-0.1, -0.05) is 12.1 Å². The number of aromatic nitrogens is 2. The minimum Gasteiger partial charge on any atom is -0.343 e. The molecule has 8 heteroatoms. The lowest BCUT2D eigenvalue weighted by atomic mass is 9.91. The predicted octanol–water partition coefficient (Wildman–Crippen LogP) is 4.35. The molecule has 0 saturated carbocycles. The summed E-state index contributed by atoms with van der Waals surface area (Å²) in [7, 11) is 0. The van der Waals surface area contributed by atoms with Gasteiger partial charge in [0.1, 0.15) is 0 Å². The lowest BCUT2D eigenvalue weighted by Crippen LogP contribution is -2.48. The Balaban J connectivity index is 1.39. The number of alkyl halides is 3. The number of amides is 1. The van der Waals surface area contributed by atoms with E-state index in [1.54, 1.807) is 19.2 Å². The van der Waals surface area contributed by atoms with Gasteiger partial charge in [-0.05, 0) is 50.9 Å². The van der Waals surface area contributed by atoms with Gasteiger partial charge in [0.2, 0.25) is 5.91 Å². The Morgan fingerprint density at radius 1 is 1.03 bits per heavy atom. The van der Waals surface area contributed by atoms with Crippen molar-refractivity contribution >= 4 is 5.91 Å². The van der Waals surface area contributed by atoms with Crippen LogP contribution < -0.4 is 0 Å². The topological polar surface area (TPSA) is 49.3 Å². The van der Waals surface area contributed by atoms with Gasteiger partial charge in [-0.15, -0.1) is 0 Å². The van der Waals surface area contributed by atoms with Gasteiger partial charge in [0.05, 0.1) is 23.1 Å². The average Bonchev–Trinajstić information content (AvgIpc) is 2.79. The summed E-state index contributed by atoms with van der Waals surface area (Å²) in [6.45, 7) is 5.20. The van der Waals surface area contributed by atoms with Crippen LogP contribution in [0.15, 0.2) is 36.7 Å². The molecule has 2 fully saturated rings. The van der Waals surface area contributed by atoms with Gasteiger partial charge in [-0.3, -0.25) is 9.78 Å². The number of hydrogen-bond acceptors (Lipinski definition) is 4. The van der Waals surface area contributed by atoms with Crippen LogP contribution in [0, 0.1) is 0 Å². The highest BCUT2D eigenvalue weighted by molar-refractivity contribution is 5.73. The third-order valence-corrected chi connectivity index (χ3v) is 6.51. The van der Waals surface area contributed by atoms with E-state index in [-0.39, 0.29) is 11.8 Å². The normalized spacial score (nSPS) is 19.5. The second-order valence-corrected chi connectivity index (χ2v) is 8.46. The van der Waals surface area contributed by atoms with E-state index in [1.165, 1.54) is 12.3 Å². The van der Waals surface area contributed by atoms with Crippen molar-refractivity contribution in [2.45, 2.75) is 50.7 Å². The summed E-state index contributed by atoms with van der Waals surface area (Å²) in [6.07, 6.45) is 2.81. The summed E-state index contributed by atoms with van der Waals surface area (Å²) in [5.41, 5.74) is 1.07. The number of carbonyl (C=O) groups excluding carboxylic acids is 1. The highest BCUT2D eigenvalue weighted by atomic mass is 19.4. The molecule has 3 heterocycles. The summed E-state index contributed by atoms with van der Waals surface area (Å²) in [5, 5.41) is 0. The summed E-state index contributed by atoms with van der Waals surface area (Å²) in [5.74, 6) is 0.406. The number of carbonyl (C=O) groups is 1. The molecule has 0 bridgehead atoms. The molecular formula is C23H27F3N4O. The molecule has 31 heavy (non-hydrogen) atoms. The van der Waals surface area contributed by atoms with Crippen molar-refractivity contribution in [2.24, 2.45) is 0 Å². The Hall–Kier alpha value is -2.48. The molecule has 5 nitrogen and oxygen atoms in total. The summed E-state index contributed by atoms with van der Waals surface area (Å²) < 4.78 is 39.1. The Kier molecular flexibility index (Phi) is 6.27. The average molecular weight is 432 g/mol. The minimum atomic E-state index is -4.38. The Labute approximate surface area is 180 Å². The SMILES string of the molecule is CC(=O)N1CCC(N2CCC(c3cncc(-c4cccc(C(F)(F)F)c4)n3)CC2)CC1. The number of piperidine rings is 2. The van der Waals surface area contributed by atoms with Crippen LogP contribution in [-0.2, 0) is 11.0 Å². The fourth-order valence-corrected chi connectivity index (χ4v) is 4.68. The molecule has 2 aliphatic heterocycles. The van der Waals surface area contributed by atoms with Crippen LogP contribution in [0.25, 0.3) is 11.3 Å². The third kappa shape index (κ3) is 5.06. The molecule has 0 atom stereocenters. The first-order chi connectivity index (χ1) is 14.8. The molecule has 4 rings (SSSR count). The molecule has 166 valence electrons. The van der Waals surface area contributed by atoms with E-state index in [1.807, 2.05) is 4.90 Å². The Bertz CT molecular complexity index is 917. The van der Waals surface area contributed by atoms with E-state index >= 15 is 0 Å². The zero-order valence-corrected chi connectivity index (χ0v) is 17.6. The lowest BCUT2D eigenvalue weighted by Gasteiger charge is -2.41. The van der Waals surface area contributed by atoms with Gasteiger partial charge >= 0.3 is 6.18 Å². The van der Waals surface area contributed by atoms with Crippen molar-refractivity contribution in [1.29, 1.82) is 0 Å². The first-order valence-electron chi connectivity index (χ1n) is 10.8. The smallest absolute Gasteiger partial charge is 0.343 e. The summed E-state index contributed by atoms with van der Waals surface area (Å²) in [4.78, 5) is 24.9. The van der Waals surface area contributed by atoms with Crippen LogP contribution in [0.3, 0.4) is 0 Å². The second kappa shape index (κ2) is 8.94. The zero-order valence-electron chi connectivity index (χ0n) is 17.6. The highest BCUT2D eigenvalue weighted by Crippen LogP contribution is 2.33. The van der Waals surface area contributed by atoms with Gasteiger partial charge in [-0.25, -0.2) is 4.98 Å². The van der Waals surface area contributed by atoms with Crippen LogP contribution in [0.4, 0.5) is 13.2 Å². The lowest BCUT2D eigenvalue weighted by molar-refractivity contribution is -0.137. The van der Waals surface area contributed by atoms with Crippen molar-refractivity contribution in [1.82, 2.24) is 19.8 Å². The number of benzene rings is 1. The van der Waals surface area contributed by atoms with Crippen molar-refractivity contribution in [3.63, 3.8) is 0 Å². The summed E-state index contributed by atoms with van der Waals surface area (Å²) in [6, 6.07) is 5.75. The van der Waals surface area contributed by atoms with Crippen LogP contribution in [-0.4, -0.2) is 57.9 Å². The number of hydrogen-bond donors (Lipinski definition) is 0. The molecule has 2 aromatic rings. The van der Waals surface area contributed by atoms with Gasteiger partial charge in [-0.2, -0.15) is 13.2 Å².